The molecule has 1 heterocycles. The van der Waals surface area contributed by atoms with Crippen molar-refractivity contribution in [3.05, 3.63) is 60.2 Å². The Morgan fingerprint density at radius 3 is 2.40 bits per heavy atom. The molecule has 0 unspecified atom stereocenters. The molecule has 162 valence electrons. The SMILES string of the molecule is CCOc1ccccc1O[C@H](c1ccccc1)[C@H]1CCCN(C(=O)OC(C)(C)C)C1. The molecule has 1 fully saturated rings. The Hall–Kier alpha value is -2.69. The molecule has 1 saturated heterocycles. The lowest BCUT2D eigenvalue weighted by atomic mass is 9.88. The highest BCUT2D eigenvalue weighted by Crippen LogP contribution is 2.37. The van der Waals surface area contributed by atoms with E-state index >= 15 is 0 Å². The van der Waals surface area contributed by atoms with Crippen molar-refractivity contribution in [3.63, 3.8) is 0 Å². The molecule has 0 aliphatic carbocycles. The van der Waals surface area contributed by atoms with Crippen LogP contribution in [-0.4, -0.2) is 36.3 Å². The van der Waals surface area contributed by atoms with Crippen molar-refractivity contribution < 1.29 is 19.0 Å². The molecule has 0 bridgehead atoms. The van der Waals surface area contributed by atoms with Gasteiger partial charge in [-0.15, -0.1) is 0 Å². The van der Waals surface area contributed by atoms with Gasteiger partial charge in [0.2, 0.25) is 0 Å². The molecule has 1 amide bonds. The quantitative estimate of drug-likeness (QED) is 0.598. The molecule has 2 aromatic carbocycles. The first-order valence-corrected chi connectivity index (χ1v) is 10.8. The molecule has 0 radical (unpaired) electrons. The second-order valence-corrected chi connectivity index (χ2v) is 8.66. The number of nitrogens with zero attached hydrogens (tertiary/aromatic N) is 1. The molecule has 2 aromatic rings. The molecule has 5 nitrogen and oxygen atoms in total. The maximum Gasteiger partial charge on any atom is 0.410 e. The Morgan fingerprint density at radius 1 is 1.07 bits per heavy atom. The largest absolute Gasteiger partial charge is 0.490 e. The molecule has 1 aliphatic heterocycles. The van der Waals surface area contributed by atoms with E-state index in [9.17, 15) is 4.79 Å². The van der Waals surface area contributed by atoms with Crippen LogP contribution in [-0.2, 0) is 4.74 Å². The standard InChI is InChI=1S/C25H33NO4/c1-5-28-21-15-9-10-16-22(21)29-23(19-12-7-6-8-13-19)20-14-11-17-26(18-20)24(27)30-25(2,3)4/h6-10,12-13,15-16,20,23H,5,11,14,17-18H2,1-4H3/t20-,23+/m0/s1. The average Bonchev–Trinajstić information content (AvgIpc) is 2.73. The first-order chi connectivity index (χ1) is 14.4. The maximum absolute atomic E-state index is 12.7. The van der Waals surface area contributed by atoms with E-state index in [1.165, 1.54) is 0 Å². The Morgan fingerprint density at radius 2 is 1.73 bits per heavy atom. The van der Waals surface area contributed by atoms with Gasteiger partial charge in [-0.05, 0) is 58.2 Å². The van der Waals surface area contributed by atoms with Crippen LogP contribution in [0.3, 0.4) is 0 Å². The van der Waals surface area contributed by atoms with E-state index in [0.29, 0.717) is 19.7 Å². The van der Waals surface area contributed by atoms with Crippen molar-refractivity contribution in [2.45, 2.75) is 52.2 Å². The van der Waals surface area contributed by atoms with Crippen LogP contribution in [0.25, 0.3) is 0 Å². The van der Waals surface area contributed by atoms with E-state index in [4.69, 9.17) is 14.2 Å². The maximum atomic E-state index is 12.7. The van der Waals surface area contributed by atoms with Gasteiger partial charge in [-0.25, -0.2) is 4.79 Å². The van der Waals surface area contributed by atoms with Crippen molar-refractivity contribution in [3.8, 4) is 11.5 Å². The fourth-order valence-electron chi connectivity index (χ4n) is 3.79. The van der Waals surface area contributed by atoms with Gasteiger partial charge in [0.15, 0.2) is 11.5 Å². The van der Waals surface area contributed by atoms with Crippen LogP contribution in [0, 0.1) is 5.92 Å². The number of carbonyl (C=O) groups excluding carboxylic acids is 1. The van der Waals surface area contributed by atoms with Gasteiger partial charge in [0.1, 0.15) is 11.7 Å². The number of ether oxygens (including phenoxy) is 3. The van der Waals surface area contributed by atoms with Gasteiger partial charge >= 0.3 is 6.09 Å². The number of hydrogen-bond acceptors (Lipinski definition) is 4. The zero-order valence-corrected chi connectivity index (χ0v) is 18.5. The number of likely N-dealkylation sites (tertiary alicyclic amines) is 1. The van der Waals surface area contributed by atoms with Crippen molar-refractivity contribution in [1.29, 1.82) is 0 Å². The summed E-state index contributed by atoms with van der Waals surface area (Å²) in [5.41, 5.74) is 0.593. The minimum absolute atomic E-state index is 0.156. The Balaban J connectivity index is 1.83. The molecule has 5 heteroatoms. The normalized spacial score (nSPS) is 17.9. The van der Waals surface area contributed by atoms with Crippen LogP contribution in [0.15, 0.2) is 54.6 Å². The highest BCUT2D eigenvalue weighted by molar-refractivity contribution is 5.68. The first-order valence-electron chi connectivity index (χ1n) is 10.8. The summed E-state index contributed by atoms with van der Waals surface area (Å²) in [4.78, 5) is 14.5. The summed E-state index contributed by atoms with van der Waals surface area (Å²) in [7, 11) is 0. The second-order valence-electron chi connectivity index (χ2n) is 8.66. The van der Waals surface area contributed by atoms with E-state index in [1.807, 2.05) is 75.1 Å². The lowest BCUT2D eigenvalue weighted by Crippen LogP contribution is -2.44. The Kier molecular flexibility index (Phi) is 7.24. The summed E-state index contributed by atoms with van der Waals surface area (Å²) in [6, 6.07) is 18.0. The number of amides is 1. The summed E-state index contributed by atoms with van der Waals surface area (Å²) >= 11 is 0. The molecule has 0 spiro atoms. The topological polar surface area (TPSA) is 48.0 Å². The lowest BCUT2D eigenvalue weighted by molar-refractivity contribution is 0.00553. The van der Waals surface area contributed by atoms with E-state index < -0.39 is 5.60 Å². The number of carbonyl (C=O) groups is 1. The van der Waals surface area contributed by atoms with Gasteiger partial charge in [-0.1, -0.05) is 42.5 Å². The van der Waals surface area contributed by atoms with Gasteiger partial charge in [-0.3, -0.25) is 0 Å². The molecule has 0 aromatic heterocycles. The highest BCUT2D eigenvalue weighted by Gasteiger charge is 2.34. The predicted octanol–water partition coefficient (Wildman–Crippen LogP) is 5.85. The first kappa shape index (κ1) is 22.0. The van der Waals surface area contributed by atoms with Crippen molar-refractivity contribution >= 4 is 6.09 Å². The molecule has 2 atom stereocenters. The van der Waals surface area contributed by atoms with E-state index in [-0.39, 0.29) is 18.1 Å². The van der Waals surface area contributed by atoms with E-state index in [0.717, 1.165) is 29.9 Å². The van der Waals surface area contributed by atoms with E-state index in [2.05, 4.69) is 12.1 Å². The summed E-state index contributed by atoms with van der Waals surface area (Å²) < 4.78 is 17.9. The van der Waals surface area contributed by atoms with Crippen molar-refractivity contribution in [2.24, 2.45) is 5.92 Å². The number of benzene rings is 2. The highest BCUT2D eigenvalue weighted by atomic mass is 16.6. The second kappa shape index (κ2) is 9.88. The number of para-hydroxylation sites is 2. The minimum Gasteiger partial charge on any atom is -0.490 e. The smallest absolute Gasteiger partial charge is 0.410 e. The van der Waals surface area contributed by atoms with Gasteiger partial charge in [0, 0.05) is 19.0 Å². The zero-order valence-electron chi connectivity index (χ0n) is 18.5. The summed E-state index contributed by atoms with van der Waals surface area (Å²) in [5, 5.41) is 0. The van der Waals surface area contributed by atoms with Crippen LogP contribution in [0.2, 0.25) is 0 Å². The summed E-state index contributed by atoms with van der Waals surface area (Å²) in [6.07, 6.45) is 1.46. The van der Waals surface area contributed by atoms with Gasteiger partial charge < -0.3 is 19.1 Å². The molecule has 30 heavy (non-hydrogen) atoms. The number of rotatable bonds is 6. The molecule has 0 saturated carbocycles. The van der Waals surface area contributed by atoms with Crippen LogP contribution in [0.1, 0.15) is 52.2 Å². The molecular formula is C25H33NO4. The van der Waals surface area contributed by atoms with Gasteiger partial charge in [-0.2, -0.15) is 0 Å². The third-order valence-electron chi connectivity index (χ3n) is 5.07. The average molecular weight is 412 g/mol. The third-order valence-corrected chi connectivity index (χ3v) is 5.07. The van der Waals surface area contributed by atoms with Crippen LogP contribution in [0.4, 0.5) is 4.79 Å². The minimum atomic E-state index is -0.504. The van der Waals surface area contributed by atoms with Gasteiger partial charge in [0.05, 0.1) is 6.61 Å². The fraction of sp³-hybridized carbons (Fsp3) is 0.480. The zero-order chi connectivity index (χ0) is 21.6. The Labute approximate surface area is 179 Å². The molecule has 0 N–H and O–H groups in total. The van der Waals surface area contributed by atoms with Crippen LogP contribution >= 0.6 is 0 Å². The van der Waals surface area contributed by atoms with Crippen molar-refractivity contribution in [1.82, 2.24) is 4.90 Å². The summed E-state index contributed by atoms with van der Waals surface area (Å²) in [6.45, 7) is 9.54. The molecular weight excluding hydrogens is 378 g/mol. The molecule has 3 rings (SSSR count). The molecule has 1 aliphatic rings. The lowest BCUT2D eigenvalue weighted by Gasteiger charge is -2.37. The van der Waals surface area contributed by atoms with Gasteiger partial charge in [0.25, 0.3) is 0 Å². The van der Waals surface area contributed by atoms with Crippen molar-refractivity contribution in [2.75, 3.05) is 19.7 Å². The summed E-state index contributed by atoms with van der Waals surface area (Å²) in [5.74, 6) is 1.62. The predicted molar refractivity (Wildman–Crippen MR) is 118 cm³/mol. The number of piperidine rings is 1. The van der Waals surface area contributed by atoms with Crippen LogP contribution in [0.5, 0.6) is 11.5 Å². The van der Waals surface area contributed by atoms with Crippen LogP contribution < -0.4 is 9.47 Å². The van der Waals surface area contributed by atoms with E-state index in [1.54, 1.807) is 0 Å². The third kappa shape index (κ3) is 5.91. The number of hydrogen-bond donors (Lipinski definition) is 0. The monoisotopic (exact) mass is 411 g/mol. The fourth-order valence-corrected chi connectivity index (χ4v) is 3.79. The Bertz CT molecular complexity index is 815.